The molecule has 1 aromatic heterocycles. The molecule has 2 N–H and O–H groups in total. The number of ether oxygens (including phenoxy) is 1. The van der Waals surface area contributed by atoms with Gasteiger partial charge in [0.15, 0.2) is 5.75 Å². The molecule has 1 saturated carbocycles. The van der Waals surface area contributed by atoms with E-state index in [2.05, 4.69) is 22.2 Å². The summed E-state index contributed by atoms with van der Waals surface area (Å²) in [6.45, 7) is 0. The van der Waals surface area contributed by atoms with Crippen molar-refractivity contribution in [2.75, 3.05) is 7.05 Å². The van der Waals surface area contributed by atoms with Crippen molar-refractivity contribution in [3.63, 3.8) is 0 Å². The third-order valence-corrected chi connectivity index (χ3v) is 7.85. The maximum Gasteiger partial charge on any atom is 0.349 e. The number of phenols is 1. The Bertz CT molecular complexity index is 1660. The maximum atomic E-state index is 13.7. The first-order valence-corrected chi connectivity index (χ1v) is 13.4. The van der Waals surface area contributed by atoms with Gasteiger partial charge in [0.1, 0.15) is 17.7 Å². The molecule has 40 heavy (non-hydrogen) atoms. The summed E-state index contributed by atoms with van der Waals surface area (Å²) >= 11 is 12.9. The van der Waals surface area contributed by atoms with Crippen molar-refractivity contribution in [3.05, 3.63) is 109 Å². The molecule has 5 rings (SSSR count). The van der Waals surface area contributed by atoms with Crippen molar-refractivity contribution in [3.8, 4) is 22.9 Å². The molecule has 0 radical (unpaired) electrons. The highest BCUT2D eigenvalue weighted by Gasteiger charge is 2.41. The topological polar surface area (TPSA) is 118 Å². The highest BCUT2D eigenvalue weighted by molar-refractivity contribution is 6.37. The number of nitrogens with zero attached hydrogens (tertiary/aromatic N) is 3. The zero-order valence-electron chi connectivity index (χ0n) is 21.6. The second-order valence-electron chi connectivity index (χ2n) is 9.83. The first-order chi connectivity index (χ1) is 19.2. The van der Waals surface area contributed by atoms with Crippen LogP contribution in [0.25, 0.3) is 5.69 Å². The van der Waals surface area contributed by atoms with Crippen LogP contribution in [-0.2, 0) is 6.42 Å². The van der Waals surface area contributed by atoms with E-state index in [1.807, 2.05) is 18.2 Å². The summed E-state index contributed by atoms with van der Waals surface area (Å²) in [4.78, 5) is 41.0. The second-order valence-corrected chi connectivity index (χ2v) is 10.6. The minimum absolute atomic E-state index is 0.0632. The lowest BCUT2D eigenvalue weighted by molar-refractivity contribution is 0.0564. The zero-order chi connectivity index (χ0) is 28.4. The fraction of sp³-hybridized carbons (Fsp3) is 0.241. The van der Waals surface area contributed by atoms with Crippen molar-refractivity contribution in [2.24, 2.45) is 0 Å². The lowest BCUT2D eigenvalue weighted by Crippen LogP contribution is -2.49. The van der Waals surface area contributed by atoms with E-state index in [-0.39, 0.29) is 50.0 Å². The van der Waals surface area contributed by atoms with Gasteiger partial charge in [0, 0.05) is 12.6 Å². The molecule has 1 aliphatic rings. The van der Waals surface area contributed by atoms with Gasteiger partial charge < -0.3 is 14.7 Å². The number of aromatic hydroxyl groups is 1. The number of rotatable bonds is 7. The Morgan fingerprint density at radius 1 is 1.07 bits per heavy atom. The number of benzene rings is 3. The van der Waals surface area contributed by atoms with Crippen LogP contribution in [-0.4, -0.2) is 43.3 Å². The molecule has 1 fully saturated rings. The van der Waals surface area contributed by atoms with Crippen LogP contribution in [0.2, 0.25) is 10.0 Å². The molecule has 0 aliphatic heterocycles. The fourth-order valence-electron chi connectivity index (χ4n) is 5.21. The van der Waals surface area contributed by atoms with Gasteiger partial charge in [-0.1, -0.05) is 66.4 Å². The number of halogens is 2. The number of phenolic OH excluding ortho intramolecular Hbond substituents is 1. The largest absolute Gasteiger partial charge is 0.507 e. The second kappa shape index (κ2) is 11.2. The fourth-order valence-corrected chi connectivity index (χ4v) is 5.76. The van der Waals surface area contributed by atoms with E-state index >= 15 is 0 Å². The Kier molecular flexibility index (Phi) is 7.69. The van der Waals surface area contributed by atoms with Crippen LogP contribution in [0, 0.1) is 0 Å². The van der Waals surface area contributed by atoms with Crippen LogP contribution in [0.15, 0.2) is 76.4 Å². The molecule has 0 atom stereocenters. The normalized spacial score (nSPS) is 14.2. The molecule has 0 bridgehead atoms. The van der Waals surface area contributed by atoms with Gasteiger partial charge in [-0.3, -0.25) is 14.6 Å². The van der Waals surface area contributed by atoms with E-state index in [0.29, 0.717) is 0 Å². The van der Waals surface area contributed by atoms with Gasteiger partial charge >= 0.3 is 5.69 Å². The molecule has 1 heterocycles. The highest BCUT2D eigenvalue weighted by Crippen LogP contribution is 2.41. The molecule has 1 aliphatic carbocycles. The van der Waals surface area contributed by atoms with Crippen LogP contribution in [0.5, 0.6) is 17.2 Å². The highest BCUT2D eigenvalue weighted by atomic mass is 35.5. The molecule has 1 amide bonds. The minimum atomic E-state index is -0.758. The third kappa shape index (κ3) is 5.48. The van der Waals surface area contributed by atoms with Crippen LogP contribution < -0.4 is 16.0 Å². The van der Waals surface area contributed by atoms with Gasteiger partial charge in [-0.2, -0.15) is 9.78 Å². The van der Waals surface area contributed by atoms with Crippen molar-refractivity contribution in [1.82, 2.24) is 19.7 Å². The average molecular weight is 581 g/mol. The quantitative estimate of drug-likeness (QED) is 0.304. The van der Waals surface area contributed by atoms with Crippen molar-refractivity contribution in [1.29, 1.82) is 0 Å². The van der Waals surface area contributed by atoms with E-state index in [9.17, 15) is 19.5 Å². The summed E-state index contributed by atoms with van der Waals surface area (Å²) in [5.74, 6) is -0.183. The predicted molar refractivity (Wildman–Crippen MR) is 152 cm³/mol. The number of hydrogen-bond donors (Lipinski definition) is 2. The van der Waals surface area contributed by atoms with E-state index < -0.39 is 11.2 Å². The molecule has 206 valence electrons. The molecule has 9 nitrogen and oxygen atoms in total. The van der Waals surface area contributed by atoms with E-state index in [1.54, 1.807) is 11.9 Å². The van der Waals surface area contributed by atoms with Gasteiger partial charge in [0.05, 0.1) is 21.3 Å². The van der Waals surface area contributed by atoms with Gasteiger partial charge in [-0.05, 0) is 55.2 Å². The summed E-state index contributed by atoms with van der Waals surface area (Å²) in [7, 11) is 1.78. The predicted octanol–water partition coefficient (Wildman–Crippen LogP) is 5.35. The van der Waals surface area contributed by atoms with Crippen molar-refractivity contribution in [2.45, 2.75) is 37.6 Å². The van der Waals surface area contributed by atoms with Gasteiger partial charge in [0.25, 0.3) is 11.5 Å². The number of likely N-dealkylation sites (N-methyl/N-ethyl adjacent to an activating group) is 1. The Balaban J connectivity index is 1.42. The third-order valence-electron chi connectivity index (χ3n) is 7.29. The van der Waals surface area contributed by atoms with E-state index in [0.717, 1.165) is 48.5 Å². The molecule has 11 heteroatoms. The van der Waals surface area contributed by atoms with Crippen LogP contribution in [0.3, 0.4) is 0 Å². The molecular weight excluding hydrogens is 555 g/mol. The lowest BCUT2D eigenvalue weighted by atomic mass is 9.87. The molecule has 3 aromatic carbocycles. The summed E-state index contributed by atoms with van der Waals surface area (Å²) in [6, 6.07) is 17.2. The van der Waals surface area contributed by atoms with Crippen LogP contribution in [0.4, 0.5) is 0 Å². The number of carbonyl (C=O) groups excluding carboxylic acids is 1. The number of nitrogens with one attached hydrogen (secondary N) is 1. The van der Waals surface area contributed by atoms with Crippen molar-refractivity contribution < 1.29 is 14.6 Å². The number of carbonyl (C=O) groups is 1. The summed E-state index contributed by atoms with van der Waals surface area (Å²) in [5.41, 5.74) is -0.304. The molecule has 0 saturated heterocycles. The molecule has 0 spiro atoms. The standard InChI is InChI=1S/C29H26Cl2N4O5/c1-34(29(11-5-6-12-29)16-18-7-3-2-4-8-18)27(38)21-15-20(9-10-24(21)36)40-26-22(30)13-19(14-23(26)31)35-28(39)33-25(37)17-32-35/h2-4,7-10,13-15,17,36H,5-6,11-12,16H2,1H3,(H,33,37,39). The smallest absolute Gasteiger partial charge is 0.349 e. The molecule has 0 unspecified atom stereocenters. The van der Waals surface area contributed by atoms with Gasteiger partial charge in [-0.25, -0.2) is 4.79 Å². The van der Waals surface area contributed by atoms with Crippen LogP contribution >= 0.6 is 23.2 Å². The first-order valence-electron chi connectivity index (χ1n) is 12.7. The van der Waals surface area contributed by atoms with Crippen LogP contribution in [0.1, 0.15) is 41.6 Å². The summed E-state index contributed by atoms with van der Waals surface area (Å²) in [6.07, 6.45) is 5.45. The maximum absolute atomic E-state index is 13.7. The van der Waals surface area contributed by atoms with Gasteiger partial charge in [0.2, 0.25) is 0 Å². The Morgan fingerprint density at radius 3 is 2.40 bits per heavy atom. The SMILES string of the molecule is CN(C(=O)c1cc(Oc2c(Cl)cc(-n3ncc(=O)[nH]c3=O)cc2Cl)ccc1O)C1(Cc2ccccc2)CCCC1. The number of H-pyrrole nitrogens is 1. The van der Waals surface area contributed by atoms with Gasteiger partial charge in [-0.15, -0.1) is 0 Å². The van der Waals surface area contributed by atoms with E-state index in [1.165, 1.54) is 30.3 Å². The lowest BCUT2D eigenvalue weighted by Gasteiger charge is -2.39. The zero-order valence-corrected chi connectivity index (χ0v) is 23.1. The van der Waals surface area contributed by atoms with Crippen molar-refractivity contribution >= 4 is 29.1 Å². The number of aromatic nitrogens is 3. The summed E-state index contributed by atoms with van der Waals surface area (Å²) < 4.78 is 6.88. The monoisotopic (exact) mass is 580 g/mol. The Labute approximate surface area is 239 Å². The number of hydrogen-bond acceptors (Lipinski definition) is 6. The molecule has 4 aromatic rings. The average Bonchev–Trinajstić information content (AvgIpc) is 3.40. The summed E-state index contributed by atoms with van der Waals surface area (Å²) in [5, 5.41) is 14.6. The Hall–Kier alpha value is -4.08. The molecular formula is C29H26Cl2N4O5. The van der Waals surface area contributed by atoms with E-state index in [4.69, 9.17) is 27.9 Å². The number of aromatic amines is 1. The minimum Gasteiger partial charge on any atom is -0.507 e. The first kappa shape index (κ1) is 27.5. The number of amides is 1. The Morgan fingerprint density at radius 2 is 1.75 bits per heavy atom.